The molecule has 1 N–H and O–H groups in total. The summed E-state index contributed by atoms with van der Waals surface area (Å²) in [6.45, 7) is 7.71. The van der Waals surface area contributed by atoms with E-state index in [1.54, 1.807) is 6.07 Å². The molecule has 0 radical (unpaired) electrons. The molecule has 1 aliphatic heterocycles. The number of hydrogen-bond donors (Lipinski definition) is 1. The van der Waals surface area contributed by atoms with Gasteiger partial charge in [-0.05, 0) is 23.5 Å². The molecule has 18 heavy (non-hydrogen) atoms. The van der Waals surface area contributed by atoms with Crippen LogP contribution < -0.4 is 0 Å². The monoisotopic (exact) mass is 251 g/mol. The summed E-state index contributed by atoms with van der Waals surface area (Å²) in [5.74, 6) is 1.88. The molecule has 1 saturated heterocycles. The van der Waals surface area contributed by atoms with Gasteiger partial charge in [0.1, 0.15) is 18.1 Å². The van der Waals surface area contributed by atoms with E-state index in [-0.39, 0.29) is 17.9 Å². The summed E-state index contributed by atoms with van der Waals surface area (Å²) in [5.41, 5.74) is 0.157. The summed E-state index contributed by atoms with van der Waals surface area (Å²) in [5, 5.41) is 8.94. The van der Waals surface area contributed by atoms with Gasteiger partial charge in [0.15, 0.2) is 0 Å². The Morgan fingerprint density at radius 3 is 2.56 bits per heavy atom. The Morgan fingerprint density at radius 2 is 2.06 bits per heavy atom. The van der Waals surface area contributed by atoms with Crippen molar-refractivity contribution < 1.29 is 14.3 Å². The van der Waals surface area contributed by atoms with Crippen molar-refractivity contribution in [2.45, 2.75) is 40.3 Å². The van der Waals surface area contributed by atoms with Gasteiger partial charge in [0.2, 0.25) is 5.91 Å². The highest BCUT2D eigenvalue weighted by Crippen LogP contribution is 2.34. The Morgan fingerprint density at radius 1 is 1.39 bits per heavy atom. The Kier molecular flexibility index (Phi) is 3.48. The maximum atomic E-state index is 11.9. The van der Waals surface area contributed by atoms with Crippen molar-refractivity contribution in [2.75, 3.05) is 6.54 Å². The number of rotatable bonds is 3. The van der Waals surface area contributed by atoms with Crippen molar-refractivity contribution in [1.29, 1.82) is 0 Å². The van der Waals surface area contributed by atoms with Gasteiger partial charge in [0.25, 0.3) is 0 Å². The SMILES string of the molecule is CC(C)(C)C1CC(=O)N(Cc2ccc(CO)o2)C1. The van der Waals surface area contributed by atoms with E-state index in [2.05, 4.69) is 20.8 Å². The van der Waals surface area contributed by atoms with E-state index in [0.717, 1.165) is 12.3 Å². The minimum atomic E-state index is -0.0986. The average Bonchev–Trinajstić information content (AvgIpc) is 2.86. The van der Waals surface area contributed by atoms with Gasteiger partial charge < -0.3 is 14.4 Å². The van der Waals surface area contributed by atoms with Crippen LogP contribution in [0.25, 0.3) is 0 Å². The van der Waals surface area contributed by atoms with Crippen molar-refractivity contribution >= 4 is 5.91 Å². The largest absolute Gasteiger partial charge is 0.462 e. The third kappa shape index (κ3) is 2.75. The second-order valence-electron chi connectivity index (χ2n) is 6.07. The number of likely N-dealkylation sites (tertiary alicyclic amines) is 1. The third-order valence-electron chi connectivity index (χ3n) is 3.66. The van der Waals surface area contributed by atoms with Crippen LogP contribution in [0.3, 0.4) is 0 Å². The molecule has 1 fully saturated rings. The van der Waals surface area contributed by atoms with Crippen molar-refractivity contribution in [3.05, 3.63) is 23.7 Å². The van der Waals surface area contributed by atoms with Gasteiger partial charge in [-0.15, -0.1) is 0 Å². The van der Waals surface area contributed by atoms with Crippen LogP contribution in [0.15, 0.2) is 16.5 Å². The van der Waals surface area contributed by atoms with Crippen LogP contribution in [0.4, 0.5) is 0 Å². The van der Waals surface area contributed by atoms with Crippen LogP contribution in [-0.2, 0) is 17.9 Å². The highest BCUT2D eigenvalue weighted by atomic mass is 16.4. The molecule has 0 aliphatic carbocycles. The predicted molar refractivity (Wildman–Crippen MR) is 67.6 cm³/mol. The molecular formula is C14H21NO3. The molecule has 1 aromatic heterocycles. The van der Waals surface area contributed by atoms with Crippen molar-refractivity contribution in [2.24, 2.45) is 11.3 Å². The molecule has 1 aromatic rings. The summed E-state index contributed by atoms with van der Waals surface area (Å²) >= 11 is 0. The van der Waals surface area contributed by atoms with Crippen LogP contribution >= 0.6 is 0 Å². The smallest absolute Gasteiger partial charge is 0.223 e. The van der Waals surface area contributed by atoms with E-state index in [1.807, 2.05) is 11.0 Å². The number of amides is 1. The molecule has 4 heteroatoms. The predicted octanol–water partition coefficient (Wildman–Crippen LogP) is 2.17. The lowest BCUT2D eigenvalue weighted by Crippen LogP contribution is -2.27. The molecule has 100 valence electrons. The van der Waals surface area contributed by atoms with Crippen molar-refractivity contribution in [3.8, 4) is 0 Å². The first-order chi connectivity index (χ1) is 8.40. The molecule has 4 nitrogen and oxygen atoms in total. The summed E-state index contributed by atoms with van der Waals surface area (Å²) in [4.78, 5) is 13.8. The first-order valence-corrected chi connectivity index (χ1v) is 6.36. The lowest BCUT2D eigenvalue weighted by Gasteiger charge is -2.26. The highest BCUT2D eigenvalue weighted by molar-refractivity contribution is 5.78. The zero-order valence-corrected chi connectivity index (χ0v) is 11.3. The number of carbonyl (C=O) groups is 1. The average molecular weight is 251 g/mol. The topological polar surface area (TPSA) is 53.7 Å². The van der Waals surface area contributed by atoms with Crippen LogP contribution in [0.5, 0.6) is 0 Å². The van der Waals surface area contributed by atoms with Crippen LogP contribution in [-0.4, -0.2) is 22.5 Å². The fraction of sp³-hybridized carbons (Fsp3) is 0.643. The number of carbonyl (C=O) groups excluding carboxylic acids is 1. The number of nitrogens with zero attached hydrogens (tertiary/aromatic N) is 1. The highest BCUT2D eigenvalue weighted by Gasteiger charge is 2.36. The van der Waals surface area contributed by atoms with Crippen LogP contribution in [0.1, 0.15) is 38.7 Å². The quantitative estimate of drug-likeness (QED) is 0.895. The molecule has 0 aromatic carbocycles. The second-order valence-corrected chi connectivity index (χ2v) is 6.07. The molecule has 1 unspecified atom stereocenters. The zero-order chi connectivity index (χ0) is 13.3. The number of hydrogen-bond acceptors (Lipinski definition) is 3. The number of aliphatic hydroxyl groups is 1. The van der Waals surface area contributed by atoms with E-state index >= 15 is 0 Å². The molecule has 1 aliphatic rings. The van der Waals surface area contributed by atoms with Crippen molar-refractivity contribution in [1.82, 2.24) is 4.90 Å². The summed E-state index contributed by atoms with van der Waals surface area (Å²) in [6, 6.07) is 3.57. The Bertz CT molecular complexity index is 430. The van der Waals surface area contributed by atoms with Crippen molar-refractivity contribution in [3.63, 3.8) is 0 Å². The van der Waals surface area contributed by atoms with E-state index in [1.165, 1.54) is 0 Å². The molecule has 0 saturated carbocycles. The molecule has 1 atom stereocenters. The first kappa shape index (κ1) is 13.1. The molecular weight excluding hydrogens is 230 g/mol. The second kappa shape index (κ2) is 4.76. The fourth-order valence-corrected chi connectivity index (χ4v) is 2.29. The minimum absolute atomic E-state index is 0.0986. The maximum Gasteiger partial charge on any atom is 0.223 e. The van der Waals surface area contributed by atoms with Gasteiger partial charge in [-0.25, -0.2) is 0 Å². The Balaban J connectivity index is 2.00. The molecule has 1 amide bonds. The lowest BCUT2D eigenvalue weighted by molar-refractivity contribution is -0.128. The summed E-state index contributed by atoms with van der Waals surface area (Å²) in [7, 11) is 0. The van der Waals surface area contributed by atoms with Gasteiger partial charge in [-0.1, -0.05) is 20.8 Å². The van der Waals surface area contributed by atoms with Gasteiger partial charge in [-0.2, -0.15) is 0 Å². The van der Waals surface area contributed by atoms with E-state index in [0.29, 0.717) is 24.6 Å². The molecule has 2 heterocycles. The maximum absolute atomic E-state index is 11.9. The van der Waals surface area contributed by atoms with Gasteiger partial charge in [0.05, 0.1) is 6.54 Å². The minimum Gasteiger partial charge on any atom is -0.462 e. The first-order valence-electron chi connectivity index (χ1n) is 6.36. The van der Waals surface area contributed by atoms with Crippen LogP contribution in [0, 0.1) is 11.3 Å². The Labute approximate surface area is 108 Å². The standard InChI is InChI=1S/C14H21NO3/c1-14(2,3)10-6-13(17)15(7-10)8-11-4-5-12(9-16)18-11/h4-5,10,16H,6-9H2,1-3H3. The molecule has 2 rings (SSSR count). The Hall–Kier alpha value is -1.29. The van der Waals surface area contributed by atoms with E-state index in [9.17, 15) is 4.79 Å². The lowest BCUT2D eigenvalue weighted by atomic mass is 9.80. The number of furan rings is 1. The van der Waals surface area contributed by atoms with Gasteiger partial charge >= 0.3 is 0 Å². The normalized spacial score (nSPS) is 20.8. The molecule has 0 bridgehead atoms. The third-order valence-corrected chi connectivity index (χ3v) is 3.66. The van der Waals surface area contributed by atoms with Gasteiger partial charge in [0, 0.05) is 13.0 Å². The van der Waals surface area contributed by atoms with Gasteiger partial charge in [-0.3, -0.25) is 4.79 Å². The fourth-order valence-electron chi connectivity index (χ4n) is 2.29. The summed E-state index contributed by atoms with van der Waals surface area (Å²) in [6.07, 6.45) is 0.622. The summed E-state index contributed by atoms with van der Waals surface area (Å²) < 4.78 is 5.42. The number of aliphatic hydroxyl groups excluding tert-OH is 1. The molecule has 0 spiro atoms. The van der Waals surface area contributed by atoms with E-state index in [4.69, 9.17) is 9.52 Å². The van der Waals surface area contributed by atoms with E-state index < -0.39 is 0 Å². The zero-order valence-electron chi connectivity index (χ0n) is 11.3. The van der Waals surface area contributed by atoms with Crippen LogP contribution in [0.2, 0.25) is 0 Å².